The Balaban J connectivity index is 1.92. The number of pyridine rings is 1. The number of benzene rings is 1. The lowest BCUT2D eigenvalue weighted by molar-refractivity contribution is -0.137. The summed E-state index contributed by atoms with van der Waals surface area (Å²) in [4.78, 5) is 15.3. The maximum Gasteiger partial charge on any atom is 0.416 e. The highest BCUT2D eigenvalue weighted by Crippen LogP contribution is 2.30. The quantitative estimate of drug-likeness (QED) is 0.546. The molecule has 9 heteroatoms. The molecule has 1 aromatic carbocycles. The van der Waals surface area contributed by atoms with Crippen molar-refractivity contribution in [2.75, 3.05) is 0 Å². The van der Waals surface area contributed by atoms with Crippen LogP contribution < -0.4 is 0 Å². The van der Waals surface area contributed by atoms with Crippen molar-refractivity contribution >= 4 is 6.29 Å². The van der Waals surface area contributed by atoms with Gasteiger partial charge in [-0.05, 0) is 35.9 Å². The number of aliphatic hydroxyl groups is 1. The second-order valence-electron chi connectivity index (χ2n) is 5.76. The number of hydrogen-bond acceptors (Lipinski definition) is 4. The van der Waals surface area contributed by atoms with Gasteiger partial charge in [-0.1, -0.05) is 6.07 Å². The molecule has 0 unspecified atom stereocenters. The van der Waals surface area contributed by atoms with Crippen molar-refractivity contribution in [1.29, 1.82) is 0 Å². The standard InChI is InChI=1S/C18H13F4N3O2/c19-14-5-11(4-13(7-14)18(20,21)22)6-15-2-1-3-17(23-15)25-8-12(9-26)16(10-27)24-25/h1-5,7-9,27H,6,10H2. The summed E-state index contributed by atoms with van der Waals surface area (Å²) >= 11 is 0. The molecule has 0 aliphatic rings. The molecule has 0 aliphatic heterocycles. The molecule has 0 bridgehead atoms. The Morgan fingerprint density at radius 3 is 2.59 bits per heavy atom. The smallest absolute Gasteiger partial charge is 0.390 e. The normalized spacial score (nSPS) is 11.6. The fourth-order valence-corrected chi connectivity index (χ4v) is 2.58. The zero-order chi connectivity index (χ0) is 19.6. The van der Waals surface area contributed by atoms with Crippen LogP contribution in [-0.2, 0) is 19.2 Å². The summed E-state index contributed by atoms with van der Waals surface area (Å²) in [5.41, 5.74) is -0.178. The van der Waals surface area contributed by atoms with Crippen molar-refractivity contribution in [2.45, 2.75) is 19.2 Å². The van der Waals surface area contributed by atoms with Crippen LogP contribution in [0, 0.1) is 5.82 Å². The van der Waals surface area contributed by atoms with Gasteiger partial charge in [0.05, 0.1) is 23.4 Å². The van der Waals surface area contributed by atoms with E-state index in [1.807, 2.05) is 0 Å². The van der Waals surface area contributed by atoms with E-state index in [4.69, 9.17) is 0 Å². The number of alkyl halides is 3. The Bertz CT molecular complexity index is 983. The van der Waals surface area contributed by atoms with E-state index in [1.54, 1.807) is 18.2 Å². The molecule has 0 saturated heterocycles. The van der Waals surface area contributed by atoms with Crippen molar-refractivity contribution in [3.05, 3.63) is 76.5 Å². The highest BCUT2D eigenvalue weighted by molar-refractivity contribution is 5.76. The average Bonchev–Trinajstić information content (AvgIpc) is 3.04. The Morgan fingerprint density at radius 2 is 1.96 bits per heavy atom. The van der Waals surface area contributed by atoms with Gasteiger partial charge in [-0.2, -0.15) is 18.3 Å². The van der Waals surface area contributed by atoms with E-state index in [9.17, 15) is 27.5 Å². The molecule has 27 heavy (non-hydrogen) atoms. The molecule has 0 atom stereocenters. The number of aromatic nitrogens is 3. The lowest BCUT2D eigenvalue weighted by Crippen LogP contribution is -2.07. The van der Waals surface area contributed by atoms with Gasteiger partial charge in [-0.3, -0.25) is 4.79 Å². The van der Waals surface area contributed by atoms with Gasteiger partial charge >= 0.3 is 6.18 Å². The van der Waals surface area contributed by atoms with Crippen molar-refractivity contribution < 1.29 is 27.5 Å². The number of aliphatic hydroxyl groups excluding tert-OH is 1. The van der Waals surface area contributed by atoms with Crippen LogP contribution in [-0.4, -0.2) is 26.2 Å². The molecule has 3 rings (SSSR count). The first-order valence-corrected chi connectivity index (χ1v) is 7.77. The number of halogens is 4. The van der Waals surface area contributed by atoms with Crippen LogP contribution in [0.15, 0.2) is 42.6 Å². The number of hydrogen-bond donors (Lipinski definition) is 1. The number of carbonyl (C=O) groups is 1. The predicted molar refractivity (Wildman–Crippen MR) is 86.9 cm³/mol. The molecule has 140 valence electrons. The lowest BCUT2D eigenvalue weighted by Gasteiger charge is -2.10. The van der Waals surface area contributed by atoms with E-state index in [0.717, 1.165) is 12.1 Å². The Labute approximate surface area is 150 Å². The first kappa shape index (κ1) is 18.7. The molecule has 2 aromatic heterocycles. The molecule has 5 nitrogen and oxygen atoms in total. The second kappa shape index (κ2) is 7.28. The van der Waals surface area contributed by atoms with Gasteiger partial charge in [0.2, 0.25) is 0 Å². The highest BCUT2D eigenvalue weighted by atomic mass is 19.4. The summed E-state index contributed by atoms with van der Waals surface area (Å²) in [7, 11) is 0. The molecular formula is C18H13F4N3O2. The fourth-order valence-electron chi connectivity index (χ4n) is 2.58. The first-order valence-electron chi connectivity index (χ1n) is 7.77. The van der Waals surface area contributed by atoms with Crippen LogP contribution in [0.4, 0.5) is 17.6 Å². The summed E-state index contributed by atoms with van der Waals surface area (Å²) in [5.74, 6) is -0.672. The Kier molecular flexibility index (Phi) is 5.04. The van der Waals surface area contributed by atoms with Crippen molar-refractivity contribution in [3.8, 4) is 5.82 Å². The van der Waals surface area contributed by atoms with Crippen molar-refractivity contribution in [1.82, 2.24) is 14.8 Å². The lowest BCUT2D eigenvalue weighted by atomic mass is 10.1. The van der Waals surface area contributed by atoms with Gasteiger partial charge < -0.3 is 5.11 Å². The van der Waals surface area contributed by atoms with Crippen LogP contribution in [0.1, 0.15) is 32.9 Å². The molecule has 2 heterocycles. The van der Waals surface area contributed by atoms with E-state index in [-0.39, 0.29) is 23.2 Å². The molecule has 1 N–H and O–H groups in total. The molecule has 0 radical (unpaired) electrons. The summed E-state index contributed by atoms with van der Waals surface area (Å²) in [6.45, 7) is -0.426. The van der Waals surface area contributed by atoms with Gasteiger partial charge in [0.1, 0.15) is 5.82 Å². The number of rotatable bonds is 5. The zero-order valence-corrected chi connectivity index (χ0v) is 13.7. The first-order chi connectivity index (χ1) is 12.8. The molecule has 0 aliphatic carbocycles. The molecule has 0 amide bonds. The summed E-state index contributed by atoms with van der Waals surface area (Å²) in [6.07, 6.45) is -2.74. The van der Waals surface area contributed by atoms with E-state index in [1.165, 1.54) is 10.9 Å². The van der Waals surface area contributed by atoms with Crippen LogP contribution in [0.5, 0.6) is 0 Å². The Morgan fingerprint density at radius 1 is 1.19 bits per heavy atom. The van der Waals surface area contributed by atoms with Crippen molar-refractivity contribution in [3.63, 3.8) is 0 Å². The van der Waals surface area contributed by atoms with Crippen LogP contribution in [0.2, 0.25) is 0 Å². The molecular weight excluding hydrogens is 366 g/mol. The van der Waals surface area contributed by atoms with E-state index in [0.29, 0.717) is 23.9 Å². The topological polar surface area (TPSA) is 68.0 Å². The third-order valence-electron chi connectivity index (χ3n) is 3.80. The molecule has 0 fully saturated rings. The average molecular weight is 379 g/mol. The maximum atomic E-state index is 13.5. The summed E-state index contributed by atoms with van der Waals surface area (Å²) in [5, 5.41) is 13.2. The van der Waals surface area contributed by atoms with E-state index < -0.39 is 24.2 Å². The van der Waals surface area contributed by atoms with E-state index in [2.05, 4.69) is 10.1 Å². The maximum absolute atomic E-state index is 13.5. The van der Waals surface area contributed by atoms with Gasteiger partial charge in [-0.15, -0.1) is 0 Å². The van der Waals surface area contributed by atoms with E-state index >= 15 is 0 Å². The SMILES string of the molecule is O=Cc1cn(-c2cccc(Cc3cc(F)cc(C(F)(F)F)c3)n2)nc1CO. The monoisotopic (exact) mass is 379 g/mol. The third kappa shape index (κ3) is 4.20. The van der Waals surface area contributed by atoms with Gasteiger partial charge in [-0.25, -0.2) is 14.1 Å². The minimum Gasteiger partial charge on any atom is -0.390 e. The third-order valence-corrected chi connectivity index (χ3v) is 3.80. The minimum absolute atomic E-state index is 0.0245. The van der Waals surface area contributed by atoms with Gasteiger partial charge in [0, 0.05) is 18.3 Å². The summed E-state index contributed by atoms with van der Waals surface area (Å²) in [6, 6.07) is 7.11. The second-order valence-corrected chi connectivity index (χ2v) is 5.76. The number of nitrogens with zero attached hydrogens (tertiary/aromatic N) is 3. The van der Waals surface area contributed by atoms with Crippen LogP contribution >= 0.6 is 0 Å². The molecule has 0 saturated carbocycles. The van der Waals surface area contributed by atoms with Gasteiger partial charge in [0.15, 0.2) is 12.1 Å². The number of carbonyl (C=O) groups excluding carboxylic acids is 1. The predicted octanol–water partition coefficient (Wildman–Crippen LogP) is 3.32. The minimum atomic E-state index is -4.65. The highest BCUT2D eigenvalue weighted by Gasteiger charge is 2.31. The number of aldehydes is 1. The molecule has 3 aromatic rings. The van der Waals surface area contributed by atoms with Crippen molar-refractivity contribution in [2.24, 2.45) is 0 Å². The summed E-state index contributed by atoms with van der Waals surface area (Å²) < 4.78 is 53.3. The van der Waals surface area contributed by atoms with Gasteiger partial charge in [0.25, 0.3) is 0 Å². The largest absolute Gasteiger partial charge is 0.416 e. The zero-order valence-electron chi connectivity index (χ0n) is 13.7. The molecule has 0 spiro atoms. The fraction of sp³-hybridized carbons (Fsp3) is 0.167. The Hall–Kier alpha value is -3.07. The van der Waals surface area contributed by atoms with Crippen LogP contribution in [0.25, 0.3) is 5.82 Å². The van der Waals surface area contributed by atoms with Crippen LogP contribution in [0.3, 0.4) is 0 Å².